The number of nitrogens with two attached hydrogens (primary N) is 1. The van der Waals surface area contributed by atoms with Crippen molar-refractivity contribution in [1.29, 1.82) is 0 Å². The van der Waals surface area contributed by atoms with Crippen molar-refractivity contribution in [1.82, 2.24) is 30.4 Å². The van der Waals surface area contributed by atoms with Gasteiger partial charge in [-0.3, -0.25) is 19.2 Å². The number of likely N-dealkylation sites (N-methyl/N-ethyl adjacent to an activating group) is 1. The minimum absolute atomic E-state index is 0.0466. The van der Waals surface area contributed by atoms with Gasteiger partial charge in [-0.25, -0.2) is 9.97 Å². The maximum absolute atomic E-state index is 13.0. The molecule has 0 saturated carbocycles. The van der Waals surface area contributed by atoms with Crippen LogP contribution in [0.3, 0.4) is 0 Å². The predicted molar refractivity (Wildman–Crippen MR) is 138 cm³/mol. The maximum atomic E-state index is 13.0. The zero-order valence-corrected chi connectivity index (χ0v) is 21.2. The topological polar surface area (TPSA) is 172 Å². The minimum atomic E-state index is -0.778. The number of ether oxygens (including phenoxy) is 1. The molecule has 1 aromatic carbocycles. The molecule has 2 aliphatic heterocycles. The van der Waals surface area contributed by atoms with E-state index in [9.17, 15) is 19.2 Å². The maximum Gasteiger partial charge on any atom is 0.270 e. The summed E-state index contributed by atoms with van der Waals surface area (Å²) in [6.07, 6.45) is 2.56. The number of anilines is 1. The normalized spacial score (nSPS) is 16.3. The highest BCUT2D eigenvalue weighted by Gasteiger charge is 2.26. The van der Waals surface area contributed by atoms with E-state index in [4.69, 9.17) is 10.5 Å². The molecule has 3 heterocycles. The molecule has 13 heteroatoms. The van der Waals surface area contributed by atoms with Gasteiger partial charge in [-0.2, -0.15) is 0 Å². The lowest BCUT2D eigenvalue weighted by molar-refractivity contribution is -0.134. The minimum Gasteiger partial charge on any atom is -0.482 e. The van der Waals surface area contributed by atoms with Crippen molar-refractivity contribution in [3.8, 4) is 5.75 Å². The van der Waals surface area contributed by atoms with E-state index in [1.165, 1.54) is 18.3 Å². The first-order valence-electron chi connectivity index (χ1n) is 12.1. The molecule has 0 radical (unpaired) electrons. The number of benzene rings is 1. The van der Waals surface area contributed by atoms with E-state index in [0.29, 0.717) is 30.1 Å². The summed E-state index contributed by atoms with van der Waals surface area (Å²) >= 11 is 0. The number of aromatic nitrogens is 2. The van der Waals surface area contributed by atoms with Gasteiger partial charge in [0.05, 0.1) is 5.69 Å². The lowest BCUT2D eigenvalue weighted by atomic mass is 10.1. The second-order valence-corrected chi connectivity index (χ2v) is 9.03. The SMILES string of the molecule is C[C@H](NC(=O)c1cc(C(=O)NCc2ccc3c(c2)NC(=O)CO3)nc(C=CN)n1)C(=O)N1CCN(C)CC1. The summed E-state index contributed by atoms with van der Waals surface area (Å²) in [5.74, 6) is -0.999. The lowest BCUT2D eigenvalue weighted by Crippen LogP contribution is -2.53. The van der Waals surface area contributed by atoms with Crippen molar-refractivity contribution in [2.24, 2.45) is 5.73 Å². The van der Waals surface area contributed by atoms with Gasteiger partial charge in [0.1, 0.15) is 23.2 Å². The molecule has 1 saturated heterocycles. The Kier molecular flexibility index (Phi) is 8.16. The van der Waals surface area contributed by atoms with Crippen molar-refractivity contribution < 1.29 is 23.9 Å². The number of rotatable bonds is 7. The molecule has 200 valence electrons. The first-order valence-corrected chi connectivity index (χ1v) is 12.1. The first-order chi connectivity index (χ1) is 18.2. The summed E-state index contributed by atoms with van der Waals surface area (Å²) in [4.78, 5) is 62.4. The van der Waals surface area contributed by atoms with E-state index in [2.05, 4.69) is 30.8 Å². The van der Waals surface area contributed by atoms with Crippen LogP contribution in [-0.2, 0) is 16.1 Å². The third kappa shape index (κ3) is 6.42. The van der Waals surface area contributed by atoms with Crippen molar-refractivity contribution >= 4 is 35.4 Å². The summed E-state index contributed by atoms with van der Waals surface area (Å²) in [6, 6.07) is 5.65. The van der Waals surface area contributed by atoms with Crippen molar-refractivity contribution in [3.05, 3.63) is 53.2 Å². The molecule has 1 fully saturated rings. The molecule has 4 rings (SSSR count). The Hall–Kier alpha value is -4.52. The Morgan fingerprint density at radius 2 is 1.84 bits per heavy atom. The Labute approximate surface area is 219 Å². The van der Waals surface area contributed by atoms with E-state index >= 15 is 0 Å². The predicted octanol–water partition coefficient (Wildman–Crippen LogP) is -0.441. The molecular formula is C25H30N8O5. The van der Waals surface area contributed by atoms with E-state index in [1.54, 1.807) is 30.0 Å². The number of amides is 4. The number of hydrogen-bond acceptors (Lipinski definition) is 9. The molecule has 1 aromatic heterocycles. The van der Waals surface area contributed by atoms with Crippen LogP contribution >= 0.6 is 0 Å². The fraction of sp³-hybridized carbons (Fsp3) is 0.360. The largest absolute Gasteiger partial charge is 0.482 e. The average Bonchev–Trinajstić information content (AvgIpc) is 2.91. The Morgan fingerprint density at radius 3 is 2.55 bits per heavy atom. The lowest BCUT2D eigenvalue weighted by Gasteiger charge is -2.34. The van der Waals surface area contributed by atoms with Crippen LogP contribution in [0.15, 0.2) is 30.5 Å². The molecular weight excluding hydrogens is 492 g/mol. The van der Waals surface area contributed by atoms with Gasteiger partial charge < -0.3 is 36.2 Å². The standard InChI is InChI=1S/C25H30N8O5/c1-15(25(37)33-9-7-32(2)8-10-33)28-24(36)19-12-18(29-21(30-19)5-6-26)23(35)27-13-16-3-4-20-17(11-16)31-22(34)14-38-20/h3-6,11-12,15H,7-10,13-14,26H2,1-2H3,(H,27,35)(H,28,36)(H,31,34)/t15-/m0/s1. The number of carbonyl (C=O) groups is 4. The Morgan fingerprint density at radius 1 is 1.13 bits per heavy atom. The van der Waals surface area contributed by atoms with Gasteiger partial charge >= 0.3 is 0 Å². The zero-order valence-electron chi connectivity index (χ0n) is 21.2. The molecule has 13 nitrogen and oxygen atoms in total. The molecule has 0 spiro atoms. The van der Waals surface area contributed by atoms with Crippen LogP contribution in [0.2, 0.25) is 0 Å². The number of nitrogens with one attached hydrogen (secondary N) is 3. The fourth-order valence-electron chi connectivity index (χ4n) is 4.01. The van der Waals surface area contributed by atoms with Crippen LogP contribution in [0.25, 0.3) is 6.08 Å². The van der Waals surface area contributed by atoms with Gasteiger partial charge in [0.25, 0.3) is 17.7 Å². The van der Waals surface area contributed by atoms with Gasteiger partial charge in [0.15, 0.2) is 12.4 Å². The highest BCUT2D eigenvalue weighted by molar-refractivity contribution is 5.99. The van der Waals surface area contributed by atoms with Crippen LogP contribution in [0.5, 0.6) is 5.75 Å². The Balaban J connectivity index is 1.43. The van der Waals surface area contributed by atoms with Crippen molar-refractivity contribution in [2.75, 3.05) is 45.2 Å². The molecule has 2 aromatic rings. The number of carbonyl (C=O) groups excluding carboxylic acids is 4. The summed E-state index contributed by atoms with van der Waals surface area (Å²) in [5.41, 5.74) is 6.58. The second kappa shape index (κ2) is 11.7. The number of fused-ring (bicyclic) bond motifs is 1. The van der Waals surface area contributed by atoms with Crippen LogP contribution in [0, 0.1) is 0 Å². The van der Waals surface area contributed by atoms with E-state index < -0.39 is 17.9 Å². The molecule has 0 bridgehead atoms. The summed E-state index contributed by atoms with van der Waals surface area (Å²) in [7, 11) is 1.99. The average molecular weight is 523 g/mol. The van der Waals surface area contributed by atoms with Crippen molar-refractivity contribution in [3.63, 3.8) is 0 Å². The van der Waals surface area contributed by atoms with Gasteiger partial charge in [0, 0.05) is 38.8 Å². The molecule has 0 aliphatic carbocycles. The van der Waals surface area contributed by atoms with E-state index in [1.807, 2.05) is 7.05 Å². The monoisotopic (exact) mass is 522 g/mol. The van der Waals surface area contributed by atoms with Crippen LogP contribution in [-0.4, -0.2) is 89.3 Å². The molecule has 0 unspecified atom stereocenters. The first kappa shape index (κ1) is 26.5. The molecule has 4 amide bonds. The fourth-order valence-corrected chi connectivity index (χ4v) is 4.01. The Bertz CT molecular complexity index is 1270. The zero-order chi connectivity index (χ0) is 27.2. The highest BCUT2D eigenvalue weighted by Crippen LogP contribution is 2.28. The van der Waals surface area contributed by atoms with Gasteiger partial charge in [-0.15, -0.1) is 0 Å². The molecule has 5 N–H and O–H groups in total. The van der Waals surface area contributed by atoms with Crippen LogP contribution in [0.4, 0.5) is 5.69 Å². The van der Waals surface area contributed by atoms with Crippen molar-refractivity contribution in [2.45, 2.75) is 19.5 Å². The van der Waals surface area contributed by atoms with E-state index in [0.717, 1.165) is 13.1 Å². The quantitative estimate of drug-likeness (QED) is 0.376. The third-order valence-electron chi connectivity index (χ3n) is 6.12. The summed E-state index contributed by atoms with van der Waals surface area (Å²) in [5, 5.41) is 8.12. The third-order valence-corrected chi connectivity index (χ3v) is 6.12. The summed E-state index contributed by atoms with van der Waals surface area (Å²) in [6.45, 7) is 4.39. The van der Waals surface area contributed by atoms with Crippen LogP contribution in [0.1, 0.15) is 39.3 Å². The van der Waals surface area contributed by atoms with Gasteiger partial charge in [-0.05, 0) is 43.9 Å². The number of hydrogen-bond donors (Lipinski definition) is 4. The highest BCUT2D eigenvalue weighted by atomic mass is 16.5. The molecule has 1 atom stereocenters. The van der Waals surface area contributed by atoms with E-state index in [-0.39, 0.29) is 42.2 Å². The number of piperazine rings is 1. The second-order valence-electron chi connectivity index (χ2n) is 9.03. The number of nitrogens with zero attached hydrogens (tertiary/aromatic N) is 4. The van der Waals surface area contributed by atoms with Crippen LogP contribution < -0.4 is 26.4 Å². The van der Waals surface area contributed by atoms with Gasteiger partial charge in [-0.1, -0.05) is 6.07 Å². The molecule has 38 heavy (non-hydrogen) atoms. The molecule has 2 aliphatic rings. The summed E-state index contributed by atoms with van der Waals surface area (Å²) < 4.78 is 5.34. The van der Waals surface area contributed by atoms with Gasteiger partial charge in [0.2, 0.25) is 5.91 Å². The smallest absolute Gasteiger partial charge is 0.270 e.